The number of nitrogens with zero attached hydrogens (tertiary/aromatic N) is 1. The monoisotopic (exact) mass is 392 g/mol. The van der Waals surface area contributed by atoms with Gasteiger partial charge in [0.15, 0.2) is 0 Å². The van der Waals surface area contributed by atoms with E-state index in [9.17, 15) is 17.6 Å². The van der Waals surface area contributed by atoms with E-state index in [1.165, 1.54) is 23.5 Å². The minimum absolute atomic E-state index is 0.0870. The second kappa shape index (κ2) is 7.96. The molecule has 0 unspecified atom stereocenters. The first-order chi connectivity index (χ1) is 12.9. The van der Waals surface area contributed by atoms with Gasteiger partial charge in [-0.3, -0.25) is 9.10 Å². The van der Waals surface area contributed by atoms with Crippen LogP contribution in [0.2, 0.25) is 0 Å². The van der Waals surface area contributed by atoms with Crippen molar-refractivity contribution in [2.24, 2.45) is 0 Å². The molecule has 2 aromatic rings. The van der Waals surface area contributed by atoms with Gasteiger partial charge in [0.2, 0.25) is 15.9 Å². The fraction of sp³-hybridized carbons (Fsp3) is 0.316. The fourth-order valence-electron chi connectivity index (χ4n) is 3.01. The quantitative estimate of drug-likeness (QED) is 0.849. The van der Waals surface area contributed by atoms with Gasteiger partial charge in [0.1, 0.15) is 11.6 Å². The lowest BCUT2D eigenvalue weighted by atomic mass is 10.1. The summed E-state index contributed by atoms with van der Waals surface area (Å²) >= 11 is 0. The molecule has 3 rings (SSSR count). The van der Waals surface area contributed by atoms with Crippen LogP contribution in [0.15, 0.2) is 42.5 Å². The van der Waals surface area contributed by atoms with Crippen molar-refractivity contribution in [3.8, 4) is 5.75 Å². The van der Waals surface area contributed by atoms with Crippen LogP contribution >= 0.6 is 0 Å². The molecular weight excluding hydrogens is 371 g/mol. The first kappa shape index (κ1) is 19.2. The molecular formula is C19H21FN2O4S. The van der Waals surface area contributed by atoms with Crippen LogP contribution in [0.5, 0.6) is 5.75 Å². The third kappa shape index (κ3) is 4.57. The van der Waals surface area contributed by atoms with Crippen molar-refractivity contribution in [1.29, 1.82) is 0 Å². The van der Waals surface area contributed by atoms with Gasteiger partial charge in [-0.25, -0.2) is 12.8 Å². The summed E-state index contributed by atoms with van der Waals surface area (Å²) in [7, 11) is -1.93. The Hall–Kier alpha value is -2.61. The molecule has 0 aliphatic carbocycles. The topological polar surface area (TPSA) is 75.7 Å². The van der Waals surface area contributed by atoms with Gasteiger partial charge in [-0.05, 0) is 48.7 Å². The van der Waals surface area contributed by atoms with E-state index >= 15 is 0 Å². The third-order valence-corrected chi connectivity index (χ3v) is 6.21. The minimum atomic E-state index is -3.40. The number of hydrogen-bond acceptors (Lipinski definition) is 4. The summed E-state index contributed by atoms with van der Waals surface area (Å²) in [4.78, 5) is 12.3. The van der Waals surface area contributed by atoms with Gasteiger partial charge < -0.3 is 10.1 Å². The first-order valence-corrected chi connectivity index (χ1v) is 10.2. The SMILES string of the molecule is COc1ccc(NC(=O)Cc2ccc(F)cc2)cc1N1CCCCS1(=O)=O. The van der Waals surface area contributed by atoms with Crippen LogP contribution in [0.3, 0.4) is 0 Å². The van der Waals surface area contributed by atoms with E-state index in [4.69, 9.17) is 4.74 Å². The van der Waals surface area contributed by atoms with E-state index in [0.717, 1.165) is 6.42 Å². The number of anilines is 2. The lowest BCUT2D eigenvalue weighted by molar-refractivity contribution is -0.115. The predicted octanol–water partition coefficient (Wildman–Crippen LogP) is 2.95. The van der Waals surface area contributed by atoms with Crippen molar-refractivity contribution in [2.75, 3.05) is 29.0 Å². The Bertz CT molecular complexity index is 929. The second-order valence-electron chi connectivity index (χ2n) is 6.33. The number of halogens is 1. The van der Waals surface area contributed by atoms with Gasteiger partial charge in [0, 0.05) is 12.2 Å². The van der Waals surface area contributed by atoms with Gasteiger partial charge in [-0.1, -0.05) is 12.1 Å². The molecule has 1 heterocycles. The van der Waals surface area contributed by atoms with Crippen molar-refractivity contribution < 1.29 is 22.3 Å². The normalized spacial score (nSPS) is 16.0. The average Bonchev–Trinajstić information content (AvgIpc) is 2.63. The van der Waals surface area contributed by atoms with E-state index in [2.05, 4.69) is 5.32 Å². The van der Waals surface area contributed by atoms with Crippen molar-refractivity contribution in [3.63, 3.8) is 0 Å². The summed E-state index contributed by atoms with van der Waals surface area (Å²) in [6, 6.07) is 10.6. The molecule has 1 aliphatic rings. The molecule has 0 aromatic heterocycles. The van der Waals surface area contributed by atoms with Crippen LogP contribution in [0.1, 0.15) is 18.4 Å². The molecule has 27 heavy (non-hydrogen) atoms. The number of carbonyl (C=O) groups excluding carboxylic acids is 1. The number of rotatable bonds is 5. The highest BCUT2D eigenvalue weighted by atomic mass is 32.2. The van der Waals surface area contributed by atoms with E-state index in [0.29, 0.717) is 35.7 Å². The number of sulfonamides is 1. The summed E-state index contributed by atoms with van der Waals surface area (Å²) in [6.45, 7) is 0.381. The van der Waals surface area contributed by atoms with Gasteiger partial charge in [-0.15, -0.1) is 0 Å². The van der Waals surface area contributed by atoms with Crippen LogP contribution in [-0.2, 0) is 21.2 Å². The molecule has 0 spiro atoms. The molecule has 2 aromatic carbocycles. The van der Waals surface area contributed by atoms with E-state index in [-0.39, 0.29) is 23.9 Å². The summed E-state index contributed by atoms with van der Waals surface area (Å²) in [5.41, 5.74) is 1.57. The lowest BCUT2D eigenvalue weighted by Gasteiger charge is -2.29. The van der Waals surface area contributed by atoms with Gasteiger partial charge in [0.25, 0.3) is 0 Å². The average molecular weight is 392 g/mol. The lowest BCUT2D eigenvalue weighted by Crippen LogP contribution is -2.38. The molecule has 1 fully saturated rings. The van der Waals surface area contributed by atoms with E-state index in [1.54, 1.807) is 30.3 Å². The summed E-state index contributed by atoms with van der Waals surface area (Å²) in [5, 5.41) is 2.75. The Morgan fingerprint density at radius 3 is 2.59 bits per heavy atom. The van der Waals surface area contributed by atoms with E-state index in [1.807, 2.05) is 0 Å². The van der Waals surface area contributed by atoms with Crippen molar-refractivity contribution >= 4 is 27.3 Å². The molecule has 1 N–H and O–H groups in total. The smallest absolute Gasteiger partial charge is 0.235 e. The molecule has 0 atom stereocenters. The molecule has 8 heteroatoms. The zero-order valence-corrected chi connectivity index (χ0v) is 15.8. The van der Waals surface area contributed by atoms with Crippen LogP contribution < -0.4 is 14.4 Å². The fourth-order valence-corrected chi connectivity index (χ4v) is 4.65. The van der Waals surface area contributed by atoms with Gasteiger partial charge in [0.05, 0.1) is 25.0 Å². The van der Waals surface area contributed by atoms with Gasteiger partial charge >= 0.3 is 0 Å². The number of benzene rings is 2. The highest BCUT2D eigenvalue weighted by Gasteiger charge is 2.28. The Morgan fingerprint density at radius 2 is 1.93 bits per heavy atom. The van der Waals surface area contributed by atoms with Crippen LogP contribution in [-0.4, -0.2) is 33.7 Å². The molecule has 0 saturated carbocycles. The maximum atomic E-state index is 13.0. The minimum Gasteiger partial charge on any atom is -0.495 e. The number of methoxy groups -OCH3 is 1. The Kier molecular flexibility index (Phi) is 5.65. The van der Waals surface area contributed by atoms with Crippen LogP contribution in [0, 0.1) is 5.82 Å². The Balaban J connectivity index is 1.80. The zero-order chi connectivity index (χ0) is 19.4. The molecule has 1 saturated heterocycles. The second-order valence-corrected chi connectivity index (χ2v) is 8.35. The third-order valence-electron chi connectivity index (χ3n) is 4.36. The van der Waals surface area contributed by atoms with Crippen molar-refractivity contribution in [3.05, 3.63) is 53.8 Å². The molecule has 1 aliphatic heterocycles. The maximum Gasteiger partial charge on any atom is 0.235 e. The maximum absolute atomic E-state index is 13.0. The zero-order valence-electron chi connectivity index (χ0n) is 14.9. The van der Waals surface area contributed by atoms with E-state index < -0.39 is 10.0 Å². The van der Waals surface area contributed by atoms with Crippen LogP contribution in [0.25, 0.3) is 0 Å². The molecule has 0 bridgehead atoms. The standard InChI is InChI=1S/C19H21FN2O4S/c1-26-18-9-8-16(13-17(18)22-10-2-3-11-27(22,24)25)21-19(23)12-14-4-6-15(20)7-5-14/h4-9,13H,2-3,10-12H2,1H3,(H,21,23). The number of carbonyl (C=O) groups is 1. The Morgan fingerprint density at radius 1 is 1.19 bits per heavy atom. The first-order valence-electron chi connectivity index (χ1n) is 8.62. The molecule has 6 nitrogen and oxygen atoms in total. The molecule has 0 radical (unpaired) electrons. The van der Waals surface area contributed by atoms with Gasteiger partial charge in [-0.2, -0.15) is 0 Å². The molecule has 1 amide bonds. The van der Waals surface area contributed by atoms with Crippen LogP contribution in [0.4, 0.5) is 15.8 Å². The molecule has 144 valence electrons. The number of ether oxygens (including phenoxy) is 1. The summed E-state index contributed by atoms with van der Waals surface area (Å²) in [6.07, 6.45) is 1.49. The van der Waals surface area contributed by atoms with Crippen molar-refractivity contribution in [1.82, 2.24) is 0 Å². The summed E-state index contributed by atoms with van der Waals surface area (Å²) in [5.74, 6) is -0.116. The summed E-state index contributed by atoms with van der Waals surface area (Å²) < 4.78 is 44.4. The van der Waals surface area contributed by atoms with Crippen molar-refractivity contribution in [2.45, 2.75) is 19.3 Å². The predicted molar refractivity (Wildman–Crippen MR) is 102 cm³/mol. The number of hydrogen-bond donors (Lipinski definition) is 1. The number of nitrogens with one attached hydrogen (secondary N) is 1. The highest BCUT2D eigenvalue weighted by Crippen LogP contribution is 2.35. The number of amides is 1. The highest BCUT2D eigenvalue weighted by molar-refractivity contribution is 7.92. The Labute approximate surface area is 158 Å². The largest absolute Gasteiger partial charge is 0.495 e.